The van der Waals surface area contributed by atoms with E-state index in [1.54, 1.807) is 35.8 Å². The number of benzene rings is 3. The van der Waals surface area contributed by atoms with Crippen molar-refractivity contribution in [3.05, 3.63) is 95.6 Å². The van der Waals surface area contributed by atoms with E-state index in [4.69, 9.17) is 24.4 Å². The van der Waals surface area contributed by atoms with Crippen molar-refractivity contribution in [2.24, 2.45) is 5.73 Å². The van der Waals surface area contributed by atoms with E-state index < -0.39 is 13.9 Å². The molecule has 1 aliphatic heterocycles. The Balaban J connectivity index is 1.57. The molecule has 0 aromatic heterocycles. The number of amides is 2. The Labute approximate surface area is 332 Å². The van der Waals surface area contributed by atoms with Gasteiger partial charge in [-0.05, 0) is 78.4 Å². The molecule has 12 heteroatoms. The number of ether oxygens (including phenoxy) is 3. The number of likely N-dealkylation sites (tertiary alicyclic amines) is 1. The molecule has 2 atom stereocenters. The molecule has 1 saturated heterocycles. The molecular weight excluding hydrogens is 735 g/mol. The van der Waals surface area contributed by atoms with Crippen LogP contribution in [-0.2, 0) is 24.4 Å². The summed E-state index contributed by atoms with van der Waals surface area (Å²) < 4.78 is 25.3. The summed E-state index contributed by atoms with van der Waals surface area (Å²) in [5.41, 5.74) is 7.39. The van der Waals surface area contributed by atoms with Gasteiger partial charge < -0.3 is 34.6 Å². The Bertz CT molecular complexity index is 1540. The summed E-state index contributed by atoms with van der Waals surface area (Å²) in [6, 6.07) is 26.0. The van der Waals surface area contributed by atoms with Gasteiger partial charge in [-0.25, -0.2) is 0 Å². The summed E-state index contributed by atoms with van der Waals surface area (Å²) in [7, 11) is 4.64. The van der Waals surface area contributed by atoms with Crippen LogP contribution in [0.4, 0.5) is 0 Å². The molecular formula is C42H61N3O6S2Si. The zero-order chi connectivity index (χ0) is 39.2. The number of nitrogens with two attached hydrogens (primary N) is 1. The first-order chi connectivity index (χ1) is 25.8. The molecule has 0 spiro atoms. The fourth-order valence-corrected chi connectivity index (χ4v) is 9.62. The van der Waals surface area contributed by atoms with E-state index >= 15 is 0 Å². The molecule has 9 nitrogen and oxygen atoms in total. The summed E-state index contributed by atoms with van der Waals surface area (Å²) in [6.07, 6.45) is 2.64. The van der Waals surface area contributed by atoms with Crippen molar-refractivity contribution in [2.45, 2.75) is 88.8 Å². The number of nitrogens with zero attached hydrogens (tertiary/aromatic N) is 1. The van der Waals surface area contributed by atoms with E-state index in [9.17, 15) is 9.59 Å². The Morgan fingerprint density at radius 1 is 0.833 bits per heavy atom. The van der Waals surface area contributed by atoms with Gasteiger partial charge in [0.25, 0.3) is 0 Å². The maximum Gasteiger partial charge on any atom is 0.222 e. The second-order valence-electron chi connectivity index (χ2n) is 15.2. The van der Waals surface area contributed by atoms with Gasteiger partial charge in [0.05, 0.1) is 33.0 Å². The molecule has 0 aliphatic carbocycles. The molecule has 4 rings (SSSR count). The predicted octanol–water partition coefficient (Wildman–Crippen LogP) is 8.02. The van der Waals surface area contributed by atoms with Gasteiger partial charge in [0.15, 0.2) is 8.32 Å². The molecule has 3 aromatic carbocycles. The van der Waals surface area contributed by atoms with E-state index in [1.807, 2.05) is 71.6 Å². The maximum atomic E-state index is 14.1. The van der Waals surface area contributed by atoms with Gasteiger partial charge in [-0.3, -0.25) is 9.59 Å². The lowest BCUT2D eigenvalue weighted by Gasteiger charge is -2.38. The highest BCUT2D eigenvalue weighted by atomic mass is 33.1. The Hall–Kier alpha value is -3.00. The van der Waals surface area contributed by atoms with Gasteiger partial charge in [0.2, 0.25) is 11.8 Å². The van der Waals surface area contributed by atoms with E-state index in [0.29, 0.717) is 58.3 Å². The van der Waals surface area contributed by atoms with Crippen molar-refractivity contribution in [1.82, 2.24) is 10.2 Å². The van der Waals surface area contributed by atoms with Crippen molar-refractivity contribution in [3.8, 4) is 11.5 Å². The van der Waals surface area contributed by atoms with Crippen LogP contribution in [0.5, 0.6) is 11.5 Å². The van der Waals surface area contributed by atoms with Crippen molar-refractivity contribution >= 4 is 41.7 Å². The van der Waals surface area contributed by atoms with Crippen LogP contribution in [0.2, 0.25) is 18.1 Å². The second kappa shape index (κ2) is 20.8. The molecule has 1 heterocycles. The highest BCUT2D eigenvalue weighted by molar-refractivity contribution is 8.76. The molecule has 3 N–H and O–H groups in total. The van der Waals surface area contributed by atoms with Crippen molar-refractivity contribution in [1.29, 1.82) is 0 Å². The lowest BCUT2D eigenvalue weighted by atomic mass is 9.80. The number of methoxy groups -OCH3 is 2. The molecule has 0 bridgehead atoms. The van der Waals surface area contributed by atoms with Gasteiger partial charge >= 0.3 is 0 Å². The van der Waals surface area contributed by atoms with Gasteiger partial charge in [0, 0.05) is 44.0 Å². The van der Waals surface area contributed by atoms with E-state index in [2.05, 4.69) is 51.3 Å². The molecule has 3 aromatic rings. The minimum Gasteiger partial charge on any atom is -0.497 e. The summed E-state index contributed by atoms with van der Waals surface area (Å²) in [4.78, 5) is 28.5. The highest BCUT2D eigenvalue weighted by Gasteiger charge is 2.45. The third-order valence-electron chi connectivity index (χ3n) is 10.5. The molecule has 2 amide bonds. The predicted molar refractivity (Wildman–Crippen MR) is 226 cm³/mol. The smallest absolute Gasteiger partial charge is 0.222 e. The topological polar surface area (TPSA) is 112 Å². The van der Waals surface area contributed by atoms with Gasteiger partial charge in [0.1, 0.15) is 17.1 Å². The normalized spacial score (nSPS) is 16.3. The number of carbonyl (C=O) groups is 2. The van der Waals surface area contributed by atoms with E-state index in [1.165, 1.54) is 0 Å². The average Bonchev–Trinajstić information content (AvgIpc) is 3.57. The number of unbranched alkanes of at least 4 members (excludes halogenated alkanes) is 1. The average molecular weight is 796 g/mol. The van der Waals surface area contributed by atoms with Crippen LogP contribution in [0.15, 0.2) is 78.9 Å². The van der Waals surface area contributed by atoms with Crippen LogP contribution >= 0.6 is 21.6 Å². The Kier molecular flexibility index (Phi) is 16.8. The number of hydrogen-bond donors (Lipinski definition) is 2. The van der Waals surface area contributed by atoms with Crippen molar-refractivity contribution in [3.63, 3.8) is 0 Å². The molecule has 0 radical (unpaired) electrons. The highest BCUT2D eigenvalue weighted by Crippen LogP contribution is 2.43. The molecule has 296 valence electrons. The van der Waals surface area contributed by atoms with E-state index in [0.717, 1.165) is 39.7 Å². The SMILES string of the molecule is COc1ccc(C(OC[C@@H]2C[C@@H](O[Si](C)(C)C(C)(C)C)CN2C(=O)CCCCC(=O)NCCSSCCN)(c2ccccc2)c2ccc(OC)cc2)cc1. The molecule has 0 unspecified atom stereocenters. The molecule has 1 aliphatic rings. The van der Waals surface area contributed by atoms with Crippen molar-refractivity contribution < 1.29 is 28.2 Å². The van der Waals surface area contributed by atoms with Gasteiger partial charge in [-0.1, -0.05) is 97.0 Å². The van der Waals surface area contributed by atoms with Crippen LogP contribution in [0.25, 0.3) is 0 Å². The summed E-state index contributed by atoms with van der Waals surface area (Å²) >= 11 is 0. The first-order valence-corrected chi connectivity index (χ1v) is 24.4. The van der Waals surface area contributed by atoms with E-state index in [-0.39, 0.29) is 29.0 Å². The third-order valence-corrected chi connectivity index (χ3v) is 17.4. The van der Waals surface area contributed by atoms with Crippen LogP contribution < -0.4 is 20.5 Å². The van der Waals surface area contributed by atoms with Crippen LogP contribution in [0, 0.1) is 0 Å². The minimum absolute atomic E-state index is 0.0245. The van der Waals surface area contributed by atoms with Crippen LogP contribution in [0.3, 0.4) is 0 Å². The first-order valence-electron chi connectivity index (χ1n) is 19.0. The fraction of sp³-hybridized carbons (Fsp3) is 0.524. The number of carbonyl (C=O) groups excluding carboxylic acids is 2. The Morgan fingerprint density at radius 2 is 1.39 bits per heavy atom. The Morgan fingerprint density at radius 3 is 1.94 bits per heavy atom. The summed E-state index contributed by atoms with van der Waals surface area (Å²) in [6.45, 7) is 13.3. The third kappa shape index (κ3) is 11.8. The first kappa shape index (κ1) is 43.7. The number of hydrogen-bond acceptors (Lipinski definition) is 9. The maximum absolute atomic E-state index is 14.1. The fourth-order valence-electron chi connectivity index (χ4n) is 6.50. The van der Waals surface area contributed by atoms with Crippen LogP contribution in [-0.4, -0.2) is 89.1 Å². The second-order valence-corrected chi connectivity index (χ2v) is 22.7. The van der Waals surface area contributed by atoms with Gasteiger partial charge in [-0.15, -0.1) is 0 Å². The quantitative estimate of drug-likeness (QED) is 0.0479. The summed E-state index contributed by atoms with van der Waals surface area (Å²) in [5.74, 6) is 3.34. The lowest BCUT2D eigenvalue weighted by molar-refractivity contribution is -0.134. The molecule has 54 heavy (non-hydrogen) atoms. The zero-order valence-corrected chi connectivity index (χ0v) is 35.9. The summed E-state index contributed by atoms with van der Waals surface area (Å²) in [5, 5.41) is 3.02. The lowest BCUT2D eigenvalue weighted by Crippen LogP contribution is -2.45. The molecule has 0 saturated carbocycles. The largest absolute Gasteiger partial charge is 0.497 e. The monoisotopic (exact) mass is 795 g/mol. The van der Waals surface area contributed by atoms with Gasteiger partial charge in [-0.2, -0.15) is 0 Å². The van der Waals surface area contributed by atoms with Crippen LogP contribution in [0.1, 0.15) is 69.6 Å². The number of rotatable bonds is 21. The minimum atomic E-state index is -2.12. The van der Waals surface area contributed by atoms with Crippen molar-refractivity contribution in [2.75, 3.05) is 52.0 Å². The standard InChI is InChI=1S/C42H61N3O6S2Si/c1-41(2,3)54(6,7)51-38-29-35(45(30-38)40(47)16-12-11-15-39(46)44-26-28-53-52-27-25-43)31-50-42(32-13-9-8-10-14-32,33-17-21-36(48-4)22-18-33)34-19-23-37(49-5)24-20-34/h8-10,13-14,17-24,35,38H,11-12,15-16,25-31,43H2,1-7H3,(H,44,46)/t35-,38+/m0/s1. The number of nitrogens with one attached hydrogen (secondary N) is 1. The molecule has 1 fully saturated rings. The zero-order valence-electron chi connectivity index (χ0n) is 33.2.